The number of nitrogens with one attached hydrogen (secondary N) is 2. The van der Waals surface area contributed by atoms with E-state index in [2.05, 4.69) is 10.0 Å². The minimum Gasteiger partial charge on any atom is -0.355 e. The lowest BCUT2D eigenvalue weighted by atomic mass is 10.3. The van der Waals surface area contributed by atoms with Crippen molar-refractivity contribution >= 4 is 27.3 Å². The summed E-state index contributed by atoms with van der Waals surface area (Å²) in [5, 5.41) is 3.94. The molecule has 0 fully saturated rings. The quantitative estimate of drug-likeness (QED) is 0.774. The Hall–Kier alpha value is -0.920. The number of amides is 1. The van der Waals surface area contributed by atoms with Crippen LogP contribution in [0.1, 0.15) is 10.4 Å². The van der Waals surface area contributed by atoms with Crippen molar-refractivity contribution in [3.05, 3.63) is 17.0 Å². The smallest absolute Gasteiger partial charge is 0.253 e. The van der Waals surface area contributed by atoms with Crippen LogP contribution in [0.15, 0.2) is 15.7 Å². The van der Waals surface area contributed by atoms with Gasteiger partial charge in [0.25, 0.3) is 15.9 Å². The van der Waals surface area contributed by atoms with Crippen LogP contribution in [-0.2, 0) is 10.0 Å². The summed E-state index contributed by atoms with van der Waals surface area (Å²) in [6, 6.07) is 1.48. The van der Waals surface area contributed by atoms with Gasteiger partial charge in [-0.2, -0.15) is 0 Å². The normalized spacial score (nSPS) is 11.3. The fourth-order valence-electron chi connectivity index (χ4n) is 0.899. The fourth-order valence-corrected chi connectivity index (χ4v) is 3.07. The van der Waals surface area contributed by atoms with Crippen LogP contribution in [0.25, 0.3) is 0 Å². The van der Waals surface area contributed by atoms with Gasteiger partial charge < -0.3 is 5.32 Å². The highest BCUT2D eigenvalue weighted by Gasteiger charge is 2.21. The average Bonchev–Trinajstić information content (AvgIpc) is 2.65. The van der Waals surface area contributed by atoms with Crippen LogP contribution in [0.2, 0.25) is 0 Å². The second kappa shape index (κ2) is 4.07. The third-order valence-corrected chi connectivity index (χ3v) is 4.51. The number of rotatable bonds is 3. The molecule has 0 saturated carbocycles. The highest BCUT2D eigenvalue weighted by molar-refractivity contribution is 7.91. The molecular weight excluding hydrogens is 224 g/mol. The standard InChI is InChI=1S/C7H10N2O3S2/c1-8-6(10)5-3-4-13-7(5)14(11,12)9-2/h3-4,9H,1-2H3,(H,8,10). The Morgan fingerprint density at radius 1 is 1.43 bits per heavy atom. The van der Waals surface area contributed by atoms with E-state index in [4.69, 9.17) is 0 Å². The molecule has 0 aliphatic heterocycles. The van der Waals surface area contributed by atoms with Gasteiger partial charge >= 0.3 is 0 Å². The van der Waals surface area contributed by atoms with Gasteiger partial charge in [-0.05, 0) is 18.5 Å². The predicted octanol–water partition coefficient (Wildman–Crippen LogP) is 0.0158. The molecule has 0 bridgehead atoms. The molecule has 0 atom stereocenters. The van der Waals surface area contributed by atoms with Crippen LogP contribution in [0, 0.1) is 0 Å². The Morgan fingerprint density at radius 3 is 2.57 bits per heavy atom. The van der Waals surface area contributed by atoms with Gasteiger partial charge in [0.1, 0.15) is 4.21 Å². The lowest BCUT2D eigenvalue weighted by molar-refractivity contribution is 0.0960. The summed E-state index contributed by atoms with van der Waals surface area (Å²) in [4.78, 5) is 11.3. The predicted molar refractivity (Wildman–Crippen MR) is 54.0 cm³/mol. The number of thiophene rings is 1. The molecule has 0 radical (unpaired) electrons. The molecule has 0 aliphatic rings. The molecule has 1 aromatic rings. The summed E-state index contributed by atoms with van der Waals surface area (Å²) in [5.41, 5.74) is 0.173. The van der Waals surface area contributed by atoms with E-state index in [1.807, 2.05) is 0 Å². The Bertz CT molecular complexity index is 436. The van der Waals surface area contributed by atoms with Crippen molar-refractivity contribution in [1.29, 1.82) is 0 Å². The molecule has 0 aliphatic carbocycles. The van der Waals surface area contributed by atoms with Crippen molar-refractivity contribution < 1.29 is 13.2 Å². The molecule has 0 saturated heterocycles. The average molecular weight is 234 g/mol. The topological polar surface area (TPSA) is 75.3 Å². The molecule has 1 aromatic heterocycles. The van der Waals surface area contributed by atoms with E-state index < -0.39 is 15.9 Å². The maximum absolute atomic E-state index is 11.4. The first-order valence-corrected chi connectivity index (χ1v) is 6.12. The molecule has 7 heteroatoms. The van der Waals surface area contributed by atoms with Crippen molar-refractivity contribution in [3.63, 3.8) is 0 Å². The minimum absolute atomic E-state index is 0.0411. The van der Waals surface area contributed by atoms with E-state index in [0.29, 0.717) is 0 Å². The van der Waals surface area contributed by atoms with Crippen LogP contribution in [0.4, 0.5) is 0 Å². The lowest BCUT2D eigenvalue weighted by Gasteiger charge is -2.02. The second-order valence-corrected chi connectivity index (χ2v) is 5.41. The zero-order valence-electron chi connectivity index (χ0n) is 7.70. The van der Waals surface area contributed by atoms with Gasteiger partial charge in [0, 0.05) is 7.05 Å². The van der Waals surface area contributed by atoms with E-state index in [1.165, 1.54) is 20.2 Å². The lowest BCUT2D eigenvalue weighted by Crippen LogP contribution is -2.23. The van der Waals surface area contributed by atoms with Crippen LogP contribution in [0.3, 0.4) is 0 Å². The van der Waals surface area contributed by atoms with Crippen molar-refractivity contribution in [1.82, 2.24) is 10.0 Å². The third kappa shape index (κ3) is 1.94. The molecule has 1 heterocycles. The van der Waals surface area contributed by atoms with Crippen molar-refractivity contribution in [3.8, 4) is 0 Å². The summed E-state index contributed by atoms with van der Waals surface area (Å²) in [6.07, 6.45) is 0. The number of carbonyl (C=O) groups is 1. The van der Waals surface area contributed by atoms with E-state index in [-0.39, 0.29) is 9.77 Å². The molecule has 78 valence electrons. The molecule has 0 spiro atoms. The Balaban J connectivity index is 3.25. The Morgan fingerprint density at radius 2 is 2.07 bits per heavy atom. The van der Waals surface area contributed by atoms with Crippen molar-refractivity contribution in [2.45, 2.75) is 4.21 Å². The van der Waals surface area contributed by atoms with Crippen LogP contribution < -0.4 is 10.0 Å². The number of carbonyl (C=O) groups excluding carboxylic acids is 1. The summed E-state index contributed by atoms with van der Waals surface area (Å²) in [6.45, 7) is 0. The van der Waals surface area contributed by atoms with Crippen molar-refractivity contribution in [2.75, 3.05) is 14.1 Å². The van der Waals surface area contributed by atoms with Crippen molar-refractivity contribution in [2.24, 2.45) is 0 Å². The van der Waals surface area contributed by atoms with Crippen LogP contribution in [0.5, 0.6) is 0 Å². The number of hydrogen-bond donors (Lipinski definition) is 2. The second-order valence-electron chi connectivity index (χ2n) is 2.41. The highest BCUT2D eigenvalue weighted by atomic mass is 32.2. The molecule has 0 aromatic carbocycles. The van der Waals surface area contributed by atoms with E-state index in [9.17, 15) is 13.2 Å². The zero-order chi connectivity index (χ0) is 10.8. The molecule has 0 unspecified atom stereocenters. The Labute approximate surface area is 86.2 Å². The molecular formula is C7H10N2O3S2. The van der Waals surface area contributed by atoms with Gasteiger partial charge in [0.2, 0.25) is 0 Å². The first kappa shape index (κ1) is 11.2. The maximum atomic E-state index is 11.4. The van der Waals surface area contributed by atoms with Gasteiger partial charge in [0.05, 0.1) is 5.56 Å². The van der Waals surface area contributed by atoms with Gasteiger partial charge in [0.15, 0.2) is 0 Å². The monoisotopic (exact) mass is 234 g/mol. The van der Waals surface area contributed by atoms with E-state index in [1.54, 1.807) is 5.38 Å². The van der Waals surface area contributed by atoms with Crippen LogP contribution >= 0.6 is 11.3 Å². The third-order valence-electron chi connectivity index (χ3n) is 1.61. The molecule has 14 heavy (non-hydrogen) atoms. The fraction of sp³-hybridized carbons (Fsp3) is 0.286. The SMILES string of the molecule is CNC(=O)c1ccsc1S(=O)(=O)NC. The molecule has 5 nitrogen and oxygen atoms in total. The molecule has 1 rings (SSSR count). The summed E-state index contributed by atoms with van der Waals surface area (Å²) < 4.78 is 25.1. The first-order valence-electron chi connectivity index (χ1n) is 3.76. The van der Waals surface area contributed by atoms with Gasteiger partial charge in [-0.25, -0.2) is 13.1 Å². The maximum Gasteiger partial charge on any atom is 0.253 e. The van der Waals surface area contributed by atoms with Gasteiger partial charge in [-0.3, -0.25) is 4.79 Å². The largest absolute Gasteiger partial charge is 0.355 e. The van der Waals surface area contributed by atoms with Crippen LogP contribution in [-0.4, -0.2) is 28.4 Å². The number of hydrogen-bond acceptors (Lipinski definition) is 4. The summed E-state index contributed by atoms with van der Waals surface area (Å²) in [7, 11) is -0.771. The summed E-state index contributed by atoms with van der Waals surface area (Å²) >= 11 is 1.01. The van der Waals surface area contributed by atoms with E-state index in [0.717, 1.165) is 11.3 Å². The first-order chi connectivity index (χ1) is 6.53. The Kier molecular flexibility index (Phi) is 3.25. The minimum atomic E-state index is -3.53. The molecule has 2 N–H and O–H groups in total. The van der Waals surface area contributed by atoms with Gasteiger partial charge in [-0.1, -0.05) is 0 Å². The zero-order valence-corrected chi connectivity index (χ0v) is 9.33. The summed E-state index contributed by atoms with van der Waals surface area (Å²) in [5.74, 6) is -0.403. The van der Waals surface area contributed by atoms with Gasteiger partial charge in [-0.15, -0.1) is 11.3 Å². The molecule has 1 amide bonds. The highest BCUT2D eigenvalue weighted by Crippen LogP contribution is 2.21. The van der Waals surface area contributed by atoms with E-state index >= 15 is 0 Å². The number of sulfonamides is 1.